The maximum Gasteiger partial charge on any atom is 0.338 e. The third-order valence-electron chi connectivity index (χ3n) is 5.89. The molecule has 2 saturated heterocycles. The Morgan fingerprint density at radius 2 is 2.07 bits per heavy atom. The lowest BCUT2D eigenvalue weighted by Crippen LogP contribution is -2.37. The van der Waals surface area contributed by atoms with E-state index in [1.807, 2.05) is 13.0 Å². The van der Waals surface area contributed by atoms with Crippen molar-refractivity contribution in [3.8, 4) is 0 Å². The van der Waals surface area contributed by atoms with Crippen LogP contribution < -0.4 is 0 Å². The van der Waals surface area contributed by atoms with E-state index < -0.39 is 47.4 Å². The summed E-state index contributed by atoms with van der Waals surface area (Å²) in [6.45, 7) is 7.54. The highest BCUT2D eigenvalue weighted by Gasteiger charge is 2.64. The Morgan fingerprint density at radius 3 is 2.70 bits per heavy atom. The standard InChI is InChI=1S/C21H24O9/c1-10(2)18(24)27-13-7-21(9-22)14(29-21)5-6-20(4)17(30-20)16-15(13)12(19(25)28-16)8-26-11(3)23/h5-6,13-14,16-17,22H,1,7-9H2,2-4H3. The predicted molar refractivity (Wildman–Crippen MR) is 100.0 cm³/mol. The lowest BCUT2D eigenvalue weighted by atomic mass is 9.85. The van der Waals surface area contributed by atoms with Crippen LogP contribution in [0.5, 0.6) is 0 Å². The van der Waals surface area contributed by atoms with Crippen molar-refractivity contribution < 1.29 is 43.2 Å². The van der Waals surface area contributed by atoms with Crippen LogP contribution in [0, 0.1) is 0 Å². The van der Waals surface area contributed by atoms with Crippen molar-refractivity contribution >= 4 is 17.9 Å². The first-order chi connectivity index (χ1) is 14.1. The molecule has 0 aromatic heterocycles. The van der Waals surface area contributed by atoms with Gasteiger partial charge >= 0.3 is 17.9 Å². The largest absolute Gasteiger partial charge is 0.461 e. The number of aliphatic hydroxyl groups excluding tert-OH is 1. The monoisotopic (exact) mass is 420 g/mol. The van der Waals surface area contributed by atoms with Crippen LogP contribution in [0.4, 0.5) is 0 Å². The highest BCUT2D eigenvalue weighted by Crippen LogP contribution is 2.51. The number of carbonyl (C=O) groups is 3. The molecule has 2 fully saturated rings. The van der Waals surface area contributed by atoms with Gasteiger partial charge in [0.1, 0.15) is 36.1 Å². The molecule has 0 radical (unpaired) electrons. The highest BCUT2D eigenvalue weighted by atomic mass is 16.7. The summed E-state index contributed by atoms with van der Waals surface area (Å²) in [4.78, 5) is 36.3. The first kappa shape index (κ1) is 20.8. The van der Waals surface area contributed by atoms with Gasteiger partial charge in [0.15, 0.2) is 6.10 Å². The topological polar surface area (TPSA) is 124 Å². The van der Waals surface area contributed by atoms with Crippen molar-refractivity contribution in [1.29, 1.82) is 0 Å². The predicted octanol–water partition coefficient (Wildman–Crippen LogP) is 0.507. The molecule has 162 valence electrons. The Labute approximate surface area is 173 Å². The fraction of sp³-hybridized carbons (Fsp3) is 0.571. The molecule has 1 aliphatic carbocycles. The quantitative estimate of drug-likeness (QED) is 0.223. The van der Waals surface area contributed by atoms with E-state index in [0.29, 0.717) is 5.57 Å². The van der Waals surface area contributed by atoms with Crippen molar-refractivity contribution in [1.82, 2.24) is 0 Å². The molecule has 0 saturated carbocycles. The van der Waals surface area contributed by atoms with Crippen LogP contribution in [-0.4, -0.2) is 71.8 Å². The van der Waals surface area contributed by atoms with Crippen molar-refractivity contribution in [2.45, 2.75) is 62.8 Å². The zero-order valence-corrected chi connectivity index (χ0v) is 17.0. The van der Waals surface area contributed by atoms with Crippen molar-refractivity contribution in [3.63, 3.8) is 0 Å². The molecule has 6 unspecified atom stereocenters. The Balaban J connectivity index is 1.79. The lowest BCUT2D eigenvalue weighted by molar-refractivity contribution is -0.144. The second-order valence-corrected chi connectivity index (χ2v) is 8.26. The molecule has 30 heavy (non-hydrogen) atoms. The number of hydrogen-bond acceptors (Lipinski definition) is 9. The second kappa shape index (κ2) is 7.04. The third-order valence-corrected chi connectivity index (χ3v) is 5.89. The van der Waals surface area contributed by atoms with Gasteiger partial charge in [-0.05, 0) is 13.8 Å². The van der Waals surface area contributed by atoms with E-state index >= 15 is 0 Å². The van der Waals surface area contributed by atoms with E-state index in [2.05, 4.69) is 6.58 Å². The van der Waals surface area contributed by atoms with Gasteiger partial charge in [-0.15, -0.1) is 0 Å². The Bertz CT molecular complexity index is 887. The fourth-order valence-electron chi connectivity index (χ4n) is 4.02. The number of hydrogen-bond donors (Lipinski definition) is 1. The van der Waals surface area contributed by atoms with Crippen LogP contribution in [0.2, 0.25) is 0 Å². The maximum atomic E-state index is 12.6. The number of esters is 3. The average molecular weight is 420 g/mol. The van der Waals surface area contributed by atoms with Gasteiger partial charge in [0, 0.05) is 24.5 Å². The van der Waals surface area contributed by atoms with Crippen LogP contribution in [0.3, 0.4) is 0 Å². The number of carbonyl (C=O) groups excluding carboxylic acids is 3. The molecule has 6 atom stereocenters. The normalized spacial score (nSPS) is 38.6. The summed E-state index contributed by atoms with van der Waals surface area (Å²) in [5, 5.41) is 9.98. The van der Waals surface area contributed by atoms with E-state index in [4.69, 9.17) is 23.7 Å². The van der Waals surface area contributed by atoms with Gasteiger partial charge in [0.2, 0.25) is 0 Å². The number of fused-ring (bicyclic) bond motifs is 4. The van der Waals surface area contributed by atoms with Gasteiger partial charge < -0.3 is 28.8 Å². The van der Waals surface area contributed by atoms with Gasteiger partial charge in [0.05, 0.1) is 12.2 Å². The van der Waals surface area contributed by atoms with Crippen molar-refractivity contribution in [3.05, 3.63) is 35.5 Å². The van der Waals surface area contributed by atoms with E-state index in [-0.39, 0.29) is 36.9 Å². The van der Waals surface area contributed by atoms with Crippen LogP contribution in [-0.2, 0) is 38.1 Å². The van der Waals surface area contributed by atoms with Gasteiger partial charge in [-0.1, -0.05) is 18.7 Å². The number of ether oxygens (including phenoxy) is 5. The molecular formula is C21H24O9. The molecule has 0 amide bonds. The van der Waals surface area contributed by atoms with E-state index in [1.165, 1.54) is 13.8 Å². The summed E-state index contributed by atoms with van der Waals surface area (Å²) < 4.78 is 27.8. The second-order valence-electron chi connectivity index (χ2n) is 8.26. The zero-order valence-electron chi connectivity index (χ0n) is 17.0. The molecule has 0 aromatic carbocycles. The minimum Gasteiger partial charge on any atom is -0.461 e. The molecule has 9 heteroatoms. The van der Waals surface area contributed by atoms with Gasteiger partial charge in [-0.25, -0.2) is 9.59 Å². The first-order valence-corrected chi connectivity index (χ1v) is 9.70. The summed E-state index contributed by atoms with van der Waals surface area (Å²) in [6.07, 6.45) is 1.05. The van der Waals surface area contributed by atoms with Crippen LogP contribution in [0.25, 0.3) is 0 Å². The minimum atomic E-state index is -0.968. The smallest absolute Gasteiger partial charge is 0.338 e. The average Bonchev–Trinajstić information content (AvgIpc) is 3.52. The summed E-state index contributed by atoms with van der Waals surface area (Å²) in [5.41, 5.74) is -1.04. The SMILES string of the molecule is C=C(C)C(=O)OC1CC2(CO)OC2C=CC2(C)OC2C2OC(=O)C(COC(C)=O)=C12. The summed E-state index contributed by atoms with van der Waals surface area (Å²) in [5.74, 6) is -1.89. The van der Waals surface area contributed by atoms with Gasteiger partial charge in [-0.3, -0.25) is 4.79 Å². The fourth-order valence-corrected chi connectivity index (χ4v) is 4.02. The van der Waals surface area contributed by atoms with E-state index in [0.717, 1.165) is 0 Å². The molecule has 4 rings (SSSR count). The Hall–Kier alpha value is -2.49. The number of epoxide rings is 2. The lowest BCUT2D eigenvalue weighted by Gasteiger charge is -2.26. The summed E-state index contributed by atoms with van der Waals surface area (Å²) in [7, 11) is 0. The van der Waals surface area contributed by atoms with Crippen LogP contribution >= 0.6 is 0 Å². The third kappa shape index (κ3) is 3.46. The van der Waals surface area contributed by atoms with E-state index in [1.54, 1.807) is 6.08 Å². The molecule has 0 bridgehead atoms. The number of aliphatic hydroxyl groups is 1. The highest BCUT2D eigenvalue weighted by molar-refractivity contribution is 5.94. The Morgan fingerprint density at radius 1 is 1.33 bits per heavy atom. The Kier molecular flexibility index (Phi) is 4.87. The zero-order chi connectivity index (χ0) is 21.8. The van der Waals surface area contributed by atoms with Crippen LogP contribution in [0.15, 0.2) is 35.5 Å². The van der Waals surface area contributed by atoms with Gasteiger partial charge in [-0.2, -0.15) is 0 Å². The molecule has 1 N–H and O–H groups in total. The summed E-state index contributed by atoms with van der Waals surface area (Å²) >= 11 is 0. The van der Waals surface area contributed by atoms with Crippen molar-refractivity contribution in [2.24, 2.45) is 0 Å². The molecule has 3 heterocycles. The molecule has 0 aromatic rings. The summed E-state index contributed by atoms with van der Waals surface area (Å²) in [6, 6.07) is 0. The minimum absolute atomic E-state index is 0.0903. The van der Waals surface area contributed by atoms with Crippen molar-refractivity contribution in [2.75, 3.05) is 13.2 Å². The molecule has 0 spiro atoms. The maximum absolute atomic E-state index is 12.6. The molecule has 9 nitrogen and oxygen atoms in total. The van der Waals surface area contributed by atoms with E-state index in [9.17, 15) is 19.5 Å². The molecule has 3 aliphatic heterocycles. The molecule has 4 aliphatic rings. The molecular weight excluding hydrogens is 396 g/mol. The number of rotatable bonds is 5. The van der Waals surface area contributed by atoms with Crippen LogP contribution in [0.1, 0.15) is 27.2 Å². The first-order valence-electron chi connectivity index (χ1n) is 9.70. The van der Waals surface area contributed by atoms with Gasteiger partial charge in [0.25, 0.3) is 0 Å².